The number of amides is 6. The monoisotopic (exact) mass is 980 g/mol. The molecule has 0 aromatic heterocycles. The summed E-state index contributed by atoms with van der Waals surface area (Å²) in [5.41, 5.74) is 3.67. The van der Waals surface area contributed by atoms with Crippen molar-refractivity contribution in [1.82, 2.24) is 26.6 Å². The number of carbonyl (C=O) groups is 7. The number of hydrogen-bond acceptors (Lipinski definition) is 8. The molecule has 2 aliphatic heterocycles. The maximum Gasteiger partial charge on any atom is 0.326 e. The average molecular weight is 981 g/mol. The summed E-state index contributed by atoms with van der Waals surface area (Å²) >= 11 is 0. The van der Waals surface area contributed by atoms with E-state index in [0.29, 0.717) is 23.1 Å². The van der Waals surface area contributed by atoms with E-state index in [-0.39, 0.29) is 42.9 Å². The van der Waals surface area contributed by atoms with Crippen molar-refractivity contribution < 1.29 is 52.6 Å². The number of carbonyl (C=O) groups excluding carboxylic acids is 6. The number of benzene rings is 5. The number of halogens is 2. The molecule has 72 heavy (non-hydrogen) atoms. The molecule has 5 aromatic rings. The van der Waals surface area contributed by atoms with Crippen LogP contribution in [0.3, 0.4) is 0 Å². The highest BCUT2D eigenvalue weighted by Crippen LogP contribution is 2.22. The molecule has 1 aliphatic carbocycles. The molecular weight excluding hydrogens is 927 g/mol. The zero-order valence-corrected chi connectivity index (χ0v) is 38.9. The molecule has 0 fully saturated rings. The van der Waals surface area contributed by atoms with E-state index in [0.717, 1.165) is 23.3 Å². The molecule has 3 aliphatic rings. The molecule has 2 bridgehead atoms. The van der Waals surface area contributed by atoms with Crippen LogP contribution in [0.15, 0.2) is 152 Å². The van der Waals surface area contributed by atoms with Crippen LogP contribution in [0.4, 0.5) is 14.5 Å². The first-order valence-corrected chi connectivity index (χ1v) is 23.4. The van der Waals surface area contributed by atoms with Gasteiger partial charge >= 0.3 is 5.97 Å². The van der Waals surface area contributed by atoms with E-state index in [1.165, 1.54) is 30.3 Å². The minimum absolute atomic E-state index is 0.0559. The lowest BCUT2D eigenvalue weighted by Crippen LogP contribution is -2.60. The van der Waals surface area contributed by atoms with Crippen molar-refractivity contribution in [3.8, 4) is 11.1 Å². The van der Waals surface area contributed by atoms with E-state index >= 15 is 0 Å². The van der Waals surface area contributed by atoms with Crippen LogP contribution < -0.4 is 31.9 Å². The highest BCUT2D eigenvalue weighted by molar-refractivity contribution is 5.99. The smallest absolute Gasteiger partial charge is 0.326 e. The summed E-state index contributed by atoms with van der Waals surface area (Å²) in [4.78, 5) is 97.4. The SMILES string of the molecule is O=C1C[C@@H](O)C(=O)Nc2ccc(cc2)C[C@@H](C(=O)N[C@@H](CC2C=CC=CC2)C(=O)O)NC(=O)[C@@H](Cc2ccccc2)NC(=O)[C@H](Cc2ccc(-c3ccccc3)cc2)NC(=O)[C@@H](Cc2ccc(F)c(F)c2)N1. The van der Waals surface area contributed by atoms with Crippen molar-refractivity contribution in [2.45, 2.75) is 81.3 Å². The normalized spacial score (nSPS) is 21.5. The van der Waals surface area contributed by atoms with Gasteiger partial charge in [0.05, 0.1) is 6.42 Å². The van der Waals surface area contributed by atoms with Gasteiger partial charge in [-0.05, 0) is 76.4 Å². The number of allylic oxidation sites excluding steroid dienone is 4. The lowest BCUT2D eigenvalue weighted by molar-refractivity contribution is -0.142. The van der Waals surface area contributed by atoms with Crippen molar-refractivity contribution in [2.24, 2.45) is 5.92 Å². The Hall–Kier alpha value is -8.31. The summed E-state index contributed by atoms with van der Waals surface area (Å²) in [6.07, 6.45) is 4.32. The van der Waals surface area contributed by atoms with E-state index in [1.807, 2.05) is 60.7 Å². The van der Waals surface area contributed by atoms with Crippen LogP contribution in [0.1, 0.15) is 41.5 Å². The minimum atomic E-state index is -1.93. The van der Waals surface area contributed by atoms with Crippen molar-refractivity contribution >= 4 is 47.1 Å². The van der Waals surface area contributed by atoms with Crippen LogP contribution in [-0.4, -0.2) is 87.9 Å². The molecule has 0 saturated heterocycles. The van der Waals surface area contributed by atoms with Crippen LogP contribution >= 0.6 is 0 Å². The Morgan fingerprint density at radius 3 is 1.79 bits per heavy atom. The summed E-state index contributed by atoms with van der Waals surface area (Å²) in [6, 6.07) is 27.0. The molecule has 0 radical (unpaired) electrons. The minimum Gasteiger partial charge on any atom is -0.480 e. The number of nitrogens with one attached hydrogen (secondary N) is 6. The molecule has 372 valence electrons. The molecule has 8 N–H and O–H groups in total. The van der Waals surface area contributed by atoms with Crippen molar-refractivity contribution in [1.29, 1.82) is 0 Å². The molecule has 5 aromatic carbocycles. The summed E-state index contributed by atoms with van der Waals surface area (Å²) < 4.78 is 28.5. The number of carboxylic acids is 1. The largest absolute Gasteiger partial charge is 0.480 e. The highest BCUT2D eigenvalue weighted by atomic mass is 19.2. The van der Waals surface area contributed by atoms with Crippen molar-refractivity contribution in [3.63, 3.8) is 0 Å². The lowest BCUT2D eigenvalue weighted by atomic mass is 9.93. The van der Waals surface area contributed by atoms with Crippen LogP contribution in [0.2, 0.25) is 0 Å². The van der Waals surface area contributed by atoms with E-state index in [4.69, 9.17) is 0 Å². The zero-order chi connectivity index (χ0) is 51.1. The second-order valence-electron chi connectivity index (χ2n) is 17.8. The molecule has 6 amide bonds. The molecule has 2 heterocycles. The van der Waals surface area contributed by atoms with Gasteiger partial charge in [0.2, 0.25) is 29.5 Å². The van der Waals surface area contributed by atoms with Gasteiger partial charge in [0.25, 0.3) is 5.91 Å². The van der Waals surface area contributed by atoms with Crippen molar-refractivity contribution in [2.75, 3.05) is 5.32 Å². The molecule has 15 nitrogen and oxygen atoms in total. The number of anilines is 1. The van der Waals surface area contributed by atoms with Gasteiger partial charge in [-0.25, -0.2) is 13.6 Å². The Kier molecular flexibility index (Phi) is 17.5. The third-order valence-electron chi connectivity index (χ3n) is 12.3. The van der Waals surface area contributed by atoms with Gasteiger partial charge in [-0.3, -0.25) is 28.8 Å². The predicted molar refractivity (Wildman–Crippen MR) is 263 cm³/mol. The Balaban J connectivity index is 1.25. The van der Waals surface area contributed by atoms with Gasteiger partial charge in [0.1, 0.15) is 36.3 Å². The van der Waals surface area contributed by atoms with Crippen molar-refractivity contribution in [3.05, 3.63) is 186 Å². The summed E-state index contributed by atoms with van der Waals surface area (Å²) in [5, 5.41) is 36.9. The molecule has 8 rings (SSSR count). The molecule has 1 unspecified atom stereocenters. The number of aliphatic hydroxyl groups excluding tert-OH is 1. The molecular formula is C55H54F2N6O9. The summed E-state index contributed by atoms with van der Waals surface area (Å²) in [7, 11) is 0. The lowest BCUT2D eigenvalue weighted by Gasteiger charge is -2.28. The summed E-state index contributed by atoms with van der Waals surface area (Å²) in [6.45, 7) is 0. The zero-order valence-electron chi connectivity index (χ0n) is 38.9. The fraction of sp³-hybridized carbons (Fsp3) is 0.255. The first-order chi connectivity index (χ1) is 34.7. The number of aliphatic hydroxyl groups is 1. The predicted octanol–water partition coefficient (Wildman–Crippen LogP) is 4.64. The Bertz CT molecular complexity index is 2810. The van der Waals surface area contributed by atoms with Crippen LogP contribution in [0.5, 0.6) is 0 Å². The summed E-state index contributed by atoms with van der Waals surface area (Å²) in [5.74, 6) is -9.31. The third-order valence-corrected chi connectivity index (χ3v) is 12.3. The maximum atomic E-state index is 14.8. The quantitative estimate of drug-likeness (QED) is 0.0814. The Labute approximate surface area is 414 Å². The maximum absolute atomic E-state index is 14.8. The number of rotatable bonds is 12. The van der Waals surface area contributed by atoms with Crippen LogP contribution in [0.25, 0.3) is 11.1 Å². The first kappa shape index (κ1) is 51.5. The number of fused-ring (bicyclic) bond motifs is 18. The van der Waals surface area contributed by atoms with E-state index in [1.54, 1.807) is 48.5 Å². The van der Waals surface area contributed by atoms with Crippen LogP contribution in [-0.2, 0) is 59.2 Å². The molecule has 0 saturated carbocycles. The average Bonchev–Trinajstić information content (AvgIpc) is 3.37. The van der Waals surface area contributed by atoms with E-state index in [2.05, 4.69) is 31.9 Å². The van der Waals surface area contributed by atoms with Gasteiger partial charge in [-0.1, -0.05) is 127 Å². The van der Waals surface area contributed by atoms with Gasteiger partial charge < -0.3 is 42.1 Å². The first-order valence-electron chi connectivity index (χ1n) is 23.4. The topological polar surface area (TPSA) is 232 Å². The highest BCUT2D eigenvalue weighted by Gasteiger charge is 2.34. The van der Waals surface area contributed by atoms with Gasteiger partial charge in [-0.15, -0.1) is 0 Å². The van der Waals surface area contributed by atoms with E-state index < -0.39 is 102 Å². The Morgan fingerprint density at radius 2 is 1.18 bits per heavy atom. The van der Waals surface area contributed by atoms with E-state index in [9.17, 15) is 52.6 Å². The number of aliphatic carboxylic acids is 1. The van der Waals surface area contributed by atoms with Gasteiger partial charge in [-0.2, -0.15) is 0 Å². The fourth-order valence-electron chi connectivity index (χ4n) is 8.42. The molecule has 7 atom stereocenters. The fourth-order valence-corrected chi connectivity index (χ4v) is 8.42. The Morgan fingerprint density at radius 1 is 0.611 bits per heavy atom. The van der Waals surface area contributed by atoms with Gasteiger partial charge in [0.15, 0.2) is 11.6 Å². The second-order valence-corrected chi connectivity index (χ2v) is 17.8. The second kappa shape index (κ2) is 24.5. The number of hydrogen-bond donors (Lipinski definition) is 8. The molecule has 17 heteroatoms. The molecule has 0 spiro atoms. The van der Waals surface area contributed by atoms with Crippen LogP contribution in [0, 0.1) is 17.6 Å². The van der Waals surface area contributed by atoms with Gasteiger partial charge in [0, 0.05) is 31.4 Å². The third kappa shape index (κ3) is 14.6. The number of carboxylic acid groups (broad SMARTS) is 1. The standard InChI is InChI=1S/C55H54F2N6O9/c56-41-25-20-37(26-42(41)57)31-43-50(66)60-45(28-35-16-21-39(22-17-35)38-14-8-3-9-15-38)52(68)61-44(27-33-10-4-1-5-11-33)51(67)62-46(53(69)63-47(55(71)72)30-34-12-6-2-7-13-34)29-36-18-23-40(24-19-36)58-54(70)48(64)32-49(65)59-43/h1-12,14-26,34,43-48,64H,13,27-32H2,(H,58,70)(H,59,65)(H,60,66)(H,61,68)(H,62,67)(H,63,69)(H,71,72)/t34?,43-,44-,45+,46+,47+,48-/m1/s1.